The maximum absolute atomic E-state index is 12.0. The van der Waals surface area contributed by atoms with Gasteiger partial charge in [0.05, 0.1) is 11.9 Å². The number of hydrogen-bond acceptors (Lipinski definition) is 3. The van der Waals surface area contributed by atoms with Gasteiger partial charge in [-0.25, -0.2) is 0 Å². The predicted octanol–water partition coefficient (Wildman–Crippen LogP) is 2.32. The Balaban J connectivity index is 2.03. The van der Waals surface area contributed by atoms with Gasteiger partial charge in [0, 0.05) is 24.3 Å². The number of anilines is 1. The highest BCUT2D eigenvalue weighted by Gasteiger charge is 2.07. The number of benzene rings is 1. The van der Waals surface area contributed by atoms with Gasteiger partial charge in [-0.3, -0.25) is 14.3 Å². The Morgan fingerprint density at radius 1 is 1.35 bits per heavy atom. The van der Waals surface area contributed by atoms with Gasteiger partial charge in [0.15, 0.2) is 0 Å². The molecule has 23 heavy (non-hydrogen) atoms. The molecule has 0 saturated carbocycles. The third kappa shape index (κ3) is 4.69. The topological polar surface area (TPSA) is 76.0 Å². The monoisotopic (exact) mass is 332 g/mol. The molecule has 1 aromatic carbocycles. The Kier molecular flexibility index (Phi) is 5.54. The van der Waals surface area contributed by atoms with Crippen molar-refractivity contribution in [2.75, 3.05) is 12.4 Å². The molecule has 0 aliphatic carbocycles. The minimum Gasteiger partial charge on any atom is -0.358 e. The summed E-state index contributed by atoms with van der Waals surface area (Å²) in [6.45, 7) is 1.91. The number of rotatable bonds is 5. The highest BCUT2D eigenvalue weighted by Crippen LogP contribution is 2.23. The van der Waals surface area contributed by atoms with Crippen LogP contribution in [0, 0.1) is 0 Å². The number of nitrogens with zero attached hydrogens (tertiary/aromatic N) is 2. The normalized spacial score (nSPS) is 11.2. The molecule has 1 aromatic heterocycles. The van der Waals surface area contributed by atoms with Crippen LogP contribution in [0.3, 0.4) is 0 Å². The molecule has 2 amide bonds. The van der Waals surface area contributed by atoms with Crippen molar-refractivity contribution in [2.24, 2.45) is 0 Å². The van der Waals surface area contributed by atoms with Crippen molar-refractivity contribution in [3.05, 3.63) is 53.3 Å². The fourth-order valence-electron chi connectivity index (χ4n) is 1.97. The molecule has 0 unspecified atom stereocenters. The maximum atomic E-state index is 12.0. The van der Waals surface area contributed by atoms with Crippen LogP contribution in [0.5, 0.6) is 0 Å². The van der Waals surface area contributed by atoms with Crippen LogP contribution in [-0.2, 0) is 16.1 Å². The van der Waals surface area contributed by atoms with Gasteiger partial charge in [0.2, 0.25) is 11.8 Å². The van der Waals surface area contributed by atoms with E-state index in [0.717, 1.165) is 11.1 Å². The van der Waals surface area contributed by atoms with E-state index in [4.69, 9.17) is 11.6 Å². The van der Waals surface area contributed by atoms with Gasteiger partial charge in [0.1, 0.15) is 6.54 Å². The standard InChI is InChI=1S/C16H17ClN4O2/c1-11(13-5-3-4-6-14(13)17)7-15(22)20-12-8-19-21(9-12)10-16(23)18-2/h3-9H,10H2,1-2H3,(H,18,23)(H,20,22)/b11-7-. The van der Waals surface area contributed by atoms with E-state index in [0.29, 0.717) is 10.7 Å². The molecule has 120 valence electrons. The predicted molar refractivity (Wildman–Crippen MR) is 90.0 cm³/mol. The average molecular weight is 333 g/mol. The summed E-state index contributed by atoms with van der Waals surface area (Å²) in [5.41, 5.74) is 2.08. The van der Waals surface area contributed by atoms with E-state index in [2.05, 4.69) is 15.7 Å². The first-order valence-electron chi connectivity index (χ1n) is 6.97. The van der Waals surface area contributed by atoms with E-state index in [1.807, 2.05) is 25.1 Å². The molecule has 0 aliphatic rings. The quantitative estimate of drug-likeness (QED) is 0.825. The lowest BCUT2D eigenvalue weighted by Crippen LogP contribution is -2.23. The van der Waals surface area contributed by atoms with E-state index in [1.54, 1.807) is 19.3 Å². The van der Waals surface area contributed by atoms with Crippen molar-refractivity contribution in [3.63, 3.8) is 0 Å². The second kappa shape index (κ2) is 7.60. The van der Waals surface area contributed by atoms with Gasteiger partial charge in [-0.2, -0.15) is 5.10 Å². The van der Waals surface area contributed by atoms with Crippen molar-refractivity contribution in [1.82, 2.24) is 15.1 Å². The van der Waals surface area contributed by atoms with Crippen LogP contribution in [0.4, 0.5) is 5.69 Å². The molecule has 6 nitrogen and oxygen atoms in total. The lowest BCUT2D eigenvalue weighted by molar-refractivity contribution is -0.121. The third-order valence-electron chi connectivity index (χ3n) is 3.13. The minimum atomic E-state index is -0.290. The molecule has 7 heteroatoms. The molecule has 0 bridgehead atoms. The summed E-state index contributed by atoms with van der Waals surface area (Å²) in [6.07, 6.45) is 4.54. The zero-order valence-corrected chi connectivity index (χ0v) is 13.6. The van der Waals surface area contributed by atoms with Crippen LogP contribution < -0.4 is 10.6 Å². The number of hydrogen-bond donors (Lipinski definition) is 2. The number of amides is 2. The summed E-state index contributed by atoms with van der Waals surface area (Å²) >= 11 is 6.10. The Morgan fingerprint density at radius 2 is 2.09 bits per heavy atom. The highest BCUT2D eigenvalue weighted by molar-refractivity contribution is 6.32. The van der Waals surface area contributed by atoms with E-state index in [9.17, 15) is 9.59 Å². The smallest absolute Gasteiger partial charge is 0.248 e. The number of halogens is 1. The molecule has 0 aliphatic heterocycles. The van der Waals surface area contributed by atoms with Crippen molar-refractivity contribution in [1.29, 1.82) is 0 Å². The molecule has 0 atom stereocenters. The first-order chi connectivity index (χ1) is 11.0. The minimum absolute atomic E-state index is 0.0981. The second-order valence-corrected chi connectivity index (χ2v) is 5.30. The summed E-state index contributed by atoms with van der Waals surface area (Å²) < 4.78 is 1.44. The molecular weight excluding hydrogens is 316 g/mol. The Labute approximate surface area is 139 Å². The molecule has 0 spiro atoms. The zero-order chi connectivity index (χ0) is 16.8. The number of likely N-dealkylation sites (N-methyl/N-ethyl adjacent to an activating group) is 1. The summed E-state index contributed by atoms with van der Waals surface area (Å²) in [5.74, 6) is -0.456. The van der Waals surface area contributed by atoms with Gasteiger partial charge < -0.3 is 10.6 Å². The Hall–Kier alpha value is -2.60. The number of nitrogens with one attached hydrogen (secondary N) is 2. The SMILES string of the molecule is CNC(=O)Cn1cc(NC(=O)/C=C(/C)c2ccccc2Cl)cn1. The molecule has 0 fully saturated rings. The van der Waals surface area contributed by atoms with Crippen molar-refractivity contribution < 1.29 is 9.59 Å². The number of allylic oxidation sites excluding steroid dienone is 1. The molecule has 2 aromatic rings. The first-order valence-corrected chi connectivity index (χ1v) is 7.34. The van der Waals surface area contributed by atoms with Gasteiger partial charge in [-0.15, -0.1) is 0 Å². The lowest BCUT2D eigenvalue weighted by Gasteiger charge is -2.04. The largest absolute Gasteiger partial charge is 0.358 e. The molecule has 2 rings (SSSR count). The summed E-state index contributed by atoms with van der Waals surface area (Å²) in [5, 5.41) is 9.80. The Bertz CT molecular complexity index is 752. The van der Waals surface area contributed by atoms with Gasteiger partial charge in [-0.05, 0) is 24.1 Å². The molecule has 2 N–H and O–H groups in total. The zero-order valence-electron chi connectivity index (χ0n) is 12.8. The fourth-order valence-corrected chi connectivity index (χ4v) is 2.26. The summed E-state index contributed by atoms with van der Waals surface area (Å²) in [6, 6.07) is 7.32. The third-order valence-corrected chi connectivity index (χ3v) is 3.46. The van der Waals surface area contributed by atoms with Crippen LogP contribution >= 0.6 is 11.6 Å². The summed E-state index contributed by atoms with van der Waals surface area (Å²) in [7, 11) is 1.55. The number of aromatic nitrogens is 2. The van der Waals surface area contributed by atoms with Gasteiger partial charge >= 0.3 is 0 Å². The van der Waals surface area contributed by atoms with E-state index >= 15 is 0 Å². The van der Waals surface area contributed by atoms with Crippen LogP contribution in [0.2, 0.25) is 5.02 Å². The highest BCUT2D eigenvalue weighted by atomic mass is 35.5. The number of carbonyl (C=O) groups is 2. The van der Waals surface area contributed by atoms with Crippen LogP contribution in [0.1, 0.15) is 12.5 Å². The van der Waals surface area contributed by atoms with E-state index in [1.165, 1.54) is 17.0 Å². The van der Waals surface area contributed by atoms with Gasteiger partial charge in [0.25, 0.3) is 0 Å². The maximum Gasteiger partial charge on any atom is 0.248 e. The summed E-state index contributed by atoms with van der Waals surface area (Å²) in [4.78, 5) is 23.3. The molecule has 0 saturated heterocycles. The molecular formula is C16H17ClN4O2. The molecule has 1 heterocycles. The van der Waals surface area contributed by atoms with Gasteiger partial charge in [-0.1, -0.05) is 29.8 Å². The fraction of sp³-hybridized carbons (Fsp3) is 0.188. The van der Waals surface area contributed by atoms with E-state index in [-0.39, 0.29) is 18.4 Å². The van der Waals surface area contributed by atoms with E-state index < -0.39 is 0 Å². The van der Waals surface area contributed by atoms with Crippen molar-refractivity contribution >= 4 is 34.7 Å². The van der Waals surface area contributed by atoms with Crippen molar-refractivity contribution in [3.8, 4) is 0 Å². The van der Waals surface area contributed by atoms with Crippen LogP contribution in [0.15, 0.2) is 42.7 Å². The van der Waals surface area contributed by atoms with Crippen LogP contribution in [0.25, 0.3) is 5.57 Å². The average Bonchev–Trinajstić information content (AvgIpc) is 2.94. The van der Waals surface area contributed by atoms with Crippen LogP contribution in [-0.4, -0.2) is 28.6 Å². The Morgan fingerprint density at radius 3 is 2.78 bits per heavy atom. The lowest BCUT2D eigenvalue weighted by atomic mass is 10.1. The second-order valence-electron chi connectivity index (χ2n) is 4.90. The molecule has 0 radical (unpaired) electrons. The first kappa shape index (κ1) is 16.8. The van der Waals surface area contributed by atoms with Crippen molar-refractivity contribution in [2.45, 2.75) is 13.5 Å². The number of carbonyl (C=O) groups excluding carboxylic acids is 2.